The van der Waals surface area contributed by atoms with Crippen LogP contribution < -0.4 is 0 Å². The second kappa shape index (κ2) is 4.43. The molecule has 0 fully saturated rings. The molecule has 0 saturated carbocycles. The van der Waals surface area contributed by atoms with E-state index in [2.05, 4.69) is 42.0 Å². The van der Waals surface area contributed by atoms with E-state index in [4.69, 9.17) is 4.89 Å². The highest BCUT2D eigenvalue weighted by Gasteiger charge is 2.24. The number of hydrogen-bond donors (Lipinski definition) is 1. The van der Waals surface area contributed by atoms with Crippen molar-refractivity contribution in [2.75, 3.05) is 0 Å². The number of hydrogen-bond acceptors (Lipinski definition) is 5. The van der Waals surface area contributed by atoms with Gasteiger partial charge in [0, 0.05) is 0 Å². The lowest BCUT2D eigenvalue weighted by Crippen LogP contribution is -1.87. The van der Waals surface area contributed by atoms with Gasteiger partial charge in [-0.3, -0.25) is 4.89 Å². The summed E-state index contributed by atoms with van der Waals surface area (Å²) in [6.07, 6.45) is 0. The Morgan fingerprint density at radius 3 is 1.78 bits per heavy atom. The van der Waals surface area contributed by atoms with Crippen molar-refractivity contribution in [2.24, 2.45) is 0 Å². The van der Waals surface area contributed by atoms with Gasteiger partial charge in [0.2, 0.25) is 0 Å². The molecule has 0 aromatic carbocycles. The molecule has 0 radical (unpaired) electrons. The van der Waals surface area contributed by atoms with Crippen LogP contribution >= 0.6 is 31.6 Å². The van der Waals surface area contributed by atoms with Gasteiger partial charge in [-0.15, -0.1) is 18.2 Å². The quantitative estimate of drug-likeness (QED) is 0.417. The molecule has 0 aromatic heterocycles. The van der Waals surface area contributed by atoms with Crippen LogP contribution in [0.3, 0.4) is 0 Å². The average Bonchev–Trinajstić information content (AvgIpc) is 1.64. The summed E-state index contributed by atoms with van der Waals surface area (Å²) in [5, 5.41) is 0. The van der Waals surface area contributed by atoms with E-state index < -0.39 is 7.82 Å². The van der Waals surface area contributed by atoms with E-state index >= 15 is 0 Å². The van der Waals surface area contributed by atoms with Crippen LogP contribution in [0.15, 0.2) is 0 Å². The molecular weight excluding hydrogens is 198 g/mol. The van der Waals surface area contributed by atoms with Gasteiger partial charge < -0.3 is 0 Å². The molecule has 56 valence electrons. The van der Waals surface area contributed by atoms with Crippen molar-refractivity contribution in [1.29, 1.82) is 0 Å². The van der Waals surface area contributed by atoms with Gasteiger partial charge in [0.15, 0.2) is 0 Å². The normalized spacial score (nSPS) is 11.9. The minimum Gasteiger partial charge on any atom is -0.299 e. The summed E-state index contributed by atoms with van der Waals surface area (Å²) >= 11 is 8.78. The lowest BCUT2D eigenvalue weighted by molar-refractivity contribution is -0.183. The fraction of sp³-hybridized carbons (Fsp3) is 0. The molecule has 0 unspecified atom stereocenters. The molecule has 0 heterocycles. The SMILES string of the molecule is O=P(O)(OOCl)OOCl. The Morgan fingerprint density at radius 1 is 1.22 bits per heavy atom. The predicted molar refractivity (Wildman–Crippen MR) is 25.9 cm³/mol. The standard InChI is InChI=1S/Cl2HO6P/c1-5-7-9(3,4)8-6-2/h(H,3,4). The van der Waals surface area contributed by atoms with Gasteiger partial charge in [0.1, 0.15) is 23.7 Å². The van der Waals surface area contributed by atoms with Crippen LogP contribution in [0.5, 0.6) is 0 Å². The van der Waals surface area contributed by atoms with Crippen molar-refractivity contribution < 1.29 is 27.7 Å². The molecule has 0 aliphatic rings. The first kappa shape index (κ1) is 9.61. The smallest absolute Gasteiger partial charge is 0.299 e. The summed E-state index contributed by atoms with van der Waals surface area (Å²) in [6, 6.07) is 0. The van der Waals surface area contributed by atoms with E-state index in [9.17, 15) is 4.57 Å². The Balaban J connectivity index is 3.58. The molecule has 0 aromatic rings. The molecule has 0 amide bonds. The first-order valence-corrected chi connectivity index (χ1v) is 3.50. The van der Waals surface area contributed by atoms with Gasteiger partial charge in [-0.2, -0.15) is 0 Å². The molecular formula is HCl2O6P. The number of halogens is 2. The Morgan fingerprint density at radius 2 is 1.56 bits per heavy atom. The third kappa shape index (κ3) is 5.07. The van der Waals surface area contributed by atoms with Crippen molar-refractivity contribution in [3.63, 3.8) is 0 Å². The first-order chi connectivity index (χ1) is 4.12. The lowest BCUT2D eigenvalue weighted by Gasteiger charge is -2.01. The van der Waals surface area contributed by atoms with Crippen molar-refractivity contribution in [1.82, 2.24) is 0 Å². The van der Waals surface area contributed by atoms with Crippen molar-refractivity contribution in [2.45, 2.75) is 0 Å². The number of phosphoric acid groups is 1. The summed E-state index contributed by atoms with van der Waals surface area (Å²) < 4.78 is 23.4. The molecule has 0 bridgehead atoms. The Bertz CT molecular complexity index is 102. The van der Waals surface area contributed by atoms with Crippen LogP contribution in [0.25, 0.3) is 0 Å². The van der Waals surface area contributed by atoms with Crippen LogP contribution in [0, 0.1) is 0 Å². The van der Waals surface area contributed by atoms with Crippen LogP contribution in [-0.4, -0.2) is 4.89 Å². The van der Waals surface area contributed by atoms with Gasteiger partial charge in [0.05, 0.1) is 0 Å². The second-order valence-corrected chi connectivity index (χ2v) is 2.23. The Labute approximate surface area is 60.0 Å². The van der Waals surface area contributed by atoms with E-state index in [-0.39, 0.29) is 0 Å². The van der Waals surface area contributed by atoms with E-state index in [1.807, 2.05) is 0 Å². The zero-order valence-electron chi connectivity index (χ0n) is 3.69. The molecule has 1 N–H and O–H groups in total. The maximum absolute atomic E-state index is 10.1. The second-order valence-electron chi connectivity index (χ2n) is 0.744. The zero-order chi connectivity index (χ0) is 7.33. The monoisotopic (exact) mass is 198 g/mol. The minimum atomic E-state index is -4.40. The lowest BCUT2D eigenvalue weighted by atomic mass is 14.9. The minimum absolute atomic E-state index is 3.25. The fourth-order valence-electron chi connectivity index (χ4n) is 0.0836. The molecule has 9 heteroatoms. The van der Waals surface area contributed by atoms with E-state index in [1.54, 1.807) is 0 Å². The molecule has 0 aliphatic heterocycles. The van der Waals surface area contributed by atoms with E-state index in [0.29, 0.717) is 0 Å². The molecule has 0 aliphatic carbocycles. The van der Waals surface area contributed by atoms with Gasteiger partial charge in [-0.05, 0) is 0 Å². The van der Waals surface area contributed by atoms with E-state index in [1.165, 1.54) is 0 Å². The summed E-state index contributed by atoms with van der Waals surface area (Å²) in [4.78, 5) is 8.21. The van der Waals surface area contributed by atoms with Crippen molar-refractivity contribution in [3.8, 4) is 0 Å². The molecule has 0 spiro atoms. The fourth-order valence-corrected chi connectivity index (χ4v) is 0.678. The zero-order valence-corrected chi connectivity index (χ0v) is 6.10. The Kier molecular flexibility index (Phi) is 4.73. The summed E-state index contributed by atoms with van der Waals surface area (Å²) in [6.45, 7) is 0. The van der Waals surface area contributed by atoms with Crippen LogP contribution in [0.1, 0.15) is 0 Å². The van der Waals surface area contributed by atoms with Crippen LogP contribution in [0.2, 0.25) is 0 Å². The van der Waals surface area contributed by atoms with Crippen LogP contribution in [0.4, 0.5) is 0 Å². The topological polar surface area (TPSA) is 74.2 Å². The average molecular weight is 199 g/mol. The predicted octanol–water partition coefficient (Wildman–Crippen LogP) is 1.29. The highest BCUT2D eigenvalue weighted by atomic mass is 35.5. The van der Waals surface area contributed by atoms with Gasteiger partial charge in [-0.1, -0.05) is 0 Å². The maximum Gasteiger partial charge on any atom is 0.529 e. The number of rotatable bonds is 4. The van der Waals surface area contributed by atoms with Gasteiger partial charge in [0.25, 0.3) is 0 Å². The van der Waals surface area contributed by atoms with Gasteiger partial charge in [-0.25, -0.2) is 4.57 Å². The summed E-state index contributed by atoms with van der Waals surface area (Å²) in [5.74, 6) is 0. The largest absolute Gasteiger partial charge is 0.529 e. The maximum atomic E-state index is 10.1. The molecule has 9 heavy (non-hydrogen) atoms. The summed E-state index contributed by atoms with van der Waals surface area (Å²) in [7, 11) is -4.40. The van der Waals surface area contributed by atoms with Crippen LogP contribution in [-0.2, 0) is 22.8 Å². The molecule has 0 rings (SSSR count). The molecule has 6 nitrogen and oxygen atoms in total. The highest BCUT2D eigenvalue weighted by Crippen LogP contribution is 2.44. The Hall–Kier alpha value is 0.610. The third-order valence-electron chi connectivity index (χ3n) is 0.245. The van der Waals surface area contributed by atoms with Gasteiger partial charge >= 0.3 is 7.82 Å². The van der Waals surface area contributed by atoms with Crippen molar-refractivity contribution >= 4 is 31.6 Å². The molecule has 0 saturated heterocycles. The molecule has 0 atom stereocenters. The third-order valence-corrected chi connectivity index (χ3v) is 1.07. The first-order valence-electron chi connectivity index (χ1n) is 1.39. The highest BCUT2D eigenvalue weighted by molar-refractivity contribution is 7.47. The van der Waals surface area contributed by atoms with E-state index in [0.717, 1.165) is 0 Å². The summed E-state index contributed by atoms with van der Waals surface area (Å²) in [5.41, 5.74) is 0. The van der Waals surface area contributed by atoms with Crippen molar-refractivity contribution in [3.05, 3.63) is 0 Å².